The maximum Gasteiger partial charge on any atom is 0.232 e. The lowest BCUT2D eigenvalue weighted by molar-refractivity contribution is -0.117. The predicted octanol–water partition coefficient (Wildman–Crippen LogP) is 5.66. The Bertz CT molecular complexity index is 1220. The minimum atomic E-state index is -0.0369. The van der Waals surface area contributed by atoms with E-state index in [1.165, 1.54) is 0 Å². The Balaban J connectivity index is 1.83. The van der Waals surface area contributed by atoms with Gasteiger partial charge in [-0.2, -0.15) is 5.10 Å². The summed E-state index contributed by atoms with van der Waals surface area (Å²) in [5, 5.41) is 5.66. The van der Waals surface area contributed by atoms with Crippen LogP contribution in [0.5, 0.6) is 0 Å². The zero-order chi connectivity index (χ0) is 22.0. The SMILES string of the molecule is CN(C(=O)Cc1ccccc1)c1c(-c2ccncc2)c(-c2ccc(Cl)c(Cl)c2)nn1C. The summed E-state index contributed by atoms with van der Waals surface area (Å²) in [7, 11) is 3.60. The maximum atomic E-state index is 13.1. The summed E-state index contributed by atoms with van der Waals surface area (Å²) in [4.78, 5) is 18.9. The van der Waals surface area contributed by atoms with Gasteiger partial charge in [0, 0.05) is 32.1 Å². The molecule has 0 atom stereocenters. The largest absolute Gasteiger partial charge is 0.299 e. The lowest BCUT2D eigenvalue weighted by atomic mass is 10.0. The Morgan fingerprint density at radius 3 is 2.35 bits per heavy atom. The van der Waals surface area contributed by atoms with Crippen LogP contribution in [0.1, 0.15) is 5.56 Å². The first kappa shape index (κ1) is 21.1. The van der Waals surface area contributed by atoms with Crippen molar-refractivity contribution in [3.05, 3.63) is 88.7 Å². The Labute approximate surface area is 190 Å². The molecule has 0 aliphatic rings. The van der Waals surface area contributed by atoms with Crippen molar-refractivity contribution in [2.75, 3.05) is 11.9 Å². The molecule has 2 aromatic heterocycles. The number of likely N-dealkylation sites (N-methyl/N-ethyl adjacent to an activating group) is 1. The molecule has 0 bridgehead atoms. The van der Waals surface area contributed by atoms with Gasteiger partial charge in [0.15, 0.2) is 0 Å². The van der Waals surface area contributed by atoms with Gasteiger partial charge in [-0.25, -0.2) is 0 Å². The molecule has 0 radical (unpaired) electrons. The number of aromatic nitrogens is 3. The summed E-state index contributed by atoms with van der Waals surface area (Å²) >= 11 is 12.4. The van der Waals surface area contributed by atoms with E-state index in [2.05, 4.69) is 4.98 Å². The third-order valence-electron chi connectivity index (χ3n) is 5.07. The first-order valence-corrected chi connectivity index (χ1v) is 10.4. The van der Waals surface area contributed by atoms with Crippen LogP contribution in [0.3, 0.4) is 0 Å². The van der Waals surface area contributed by atoms with Crippen LogP contribution < -0.4 is 4.90 Å². The molecule has 0 aliphatic carbocycles. The van der Waals surface area contributed by atoms with Gasteiger partial charge in [-0.05, 0) is 35.4 Å². The maximum absolute atomic E-state index is 13.1. The summed E-state index contributed by atoms with van der Waals surface area (Å²) in [6.07, 6.45) is 3.73. The molecule has 0 N–H and O–H groups in total. The first-order chi connectivity index (χ1) is 15.0. The van der Waals surface area contributed by atoms with E-state index in [0.717, 1.165) is 22.3 Å². The van der Waals surface area contributed by atoms with E-state index >= 15 is 0 Å². The minimum absolute atomic E-state index is 0.0369. The highest BCUT2D eigenvalue weighted by Gasteiger charge is 2.25. The van der Waals surface area contributed by atoms with Crippen molar-refractivity contribution in [1.82, 2.24) is 14.8 Å². The molecule has 5 nitrogen and oxygen atoms in total. The van der Waals surface area contributed by atoms with Crippen LogP contribution in [-0.2, 0) is 18.3 Å². The van der Waals surface area contributed by atoms with E-state index in [0.29, 0.717) is 28.0 Å². The second kappa shape index (κ2) is 8.92. The molecule has 31 heavy (non-hydrogen) atoms. The molecule has 4 rings (SSSR count). The van der Waals surface area contributed by atoms with Gasteiger partial charge in [-0.15, -0.1) is 0 Å². The number of carbonyl (C=O) groups is 1. The molecular formula is C24H20Cl2N4O. The summed E-state index contributed by atoms with van der Waals surface area (Å²) in [5.74, 6) is 0.651. The highest BCUT2D eigenvalue weighted by molar-refractivity contribution is 6.42. The molecule has 0 fully saturated rings. The van der Waals surface area contributed by atoms with Crippen molar-refractivity contribution in [2.45, 2.75) is 6.42 Å². The molecule has 0 unspecified atom stereocenters. The number of carbonyl (C=O) groups excluding carboxylic acids is 1. The van der Waals surface area contributed by atoms with Crippen molar-refractivity contribution < 1.29 is 4.79 Å². The molecule has 0 aliphatic heterocycles. The summed E-state index contributed by atoms with van der Waals surface area (Å²) in [5.41, 5.74) is 4.20. The van der Waals surface area contributed by atoms with Crippen molar-refractivity contribution >= 4 is 34.9 Å². The standard InChI is InChI=1S/C24H20Cl2N4O/c1-29(21(31)14-16-6-4-3-5-7-16)24-22(17-10-12-27-13-11-17)23(28-30(24)2)18-8-9-19(25)20(26)15-18/h3-13,15H,14H2,1-2H3. The zero-order valence-corrected chi connectivity index (χ0v) is 18.6. The van der Waals surface area contributed by atoms with Crippen molar-refractivity contribution in [2.24, 2.45) is 7.05 Å². The third kappa shape index (κ3) is 4.33. The first-order valence-electron chi connectivity index (χ1n) is 9.69. The minimum Gasteiger partial charge on any atom is -0.299 e. The zero-order valence-electron chi connectivity index (χ0n) is 17.1. The van der Waals surface area contributed by atoms with Gasteiger partial charge in [0.05, 0.1) is 22.0 Å². The molecule has 4 aromatic rings. The molecule has 1 amide bonds. The average Bonchev–Trinajstić information content (AvgIpc) is 3.13. The lowest BCUT2D eigenvalue weighted by Gasteiger charge is -2.20. The molecule has 0 saturated carbocycles. The molecule has 0 spiro atoms. The van der Waals surface area contributed by atoms with Crippen LogP contribution in [-0.4, -0.2) is 27.7 Å². The molecule has 2 heterocycles. The number of benzene rings is 2. The van der Waals surface area contributed by atoms with Gasteiger partial charge < -0.3 is 0 Å². The van der Waals surface area contributed by atoms with Gasteiger partial charge in [0.2, 0.25) is 5.91 Å². The highest BCUT2D eigenvalue weighted by atomic mass is 35.5. The fraction of sp³-hybridized carbons (Fsp3) is 0.125. The molecule has 7 heteroatoms. The second-order valence-electron chi connectivity index (χ2n) is 7.15. The van der Waals surface area contributed by atoms with Gasteiger partial charge in [-0.3, -0.25) is 19.4 Å². The number of aryl methyl sites for hydroxylation is 1. The number of hydrogen-bond donors (Lipinski definition) is 0. The average molecular weight is 451 g/mol. The van der Waals surface area contributed by atoms with E-state index in [1.807, 2.05) is 55.6 Å². The Hall–Kier alpha value is -3.15. The lowest BCUT2D eigenvalue weighted by Crippen LogP contribution is -2.30. The summed E-state index contributed by atoms with van der Waals surface area (Å²) in [6.45, 7) is 0. The Kier molecular flexibility index (Phi) is 6.07. The fourth-order valence-corrected chi connectivity index (χ4v) is 3.84. The van der Waals surface area contributed by atoms with Crippen LogP contribution in [0.2, 0.25) is 10.0 Å². The van der Waals surface area contributed by atoms with E-state index in [1.54, 1.807) is 41.2 Å². The monoisotopic (exact) mass is 450 g/mol. The quantitative estimate of drug-likeness (QED) is 0.393. The Morgan fingerprint density at radius 1 is 0.968 bits per heavy atom. The van der Waals surface area contributed by atoms with Crippen LogP contribution in [0, 0.1) is 0 Å². The van der Waals surface area contributed by atoms with E-state index in [-0.39, 0.29) is 5.91 Å². The van der Waals surface area contributed by atoms with Crippen molar-refractivity contribution in [3.63, 3.8) is 0 Å². The van der Waals surface area contributed by atoms with Crippen LogP contribution in [0.15, 0.2) is 73.1 Å². The van der Waals surface area contributed by atoms with E-state index in [4.69, 9.17) is 28.3 Å². The van der Waals surface area contributed by atoms with Gasteiger partial charge >= 0.3 is 0 Å². The van der Waals surface area contributed by atoms with Gasteiger partial charge in [0.25, 0.3) is 0 Å². The fourth-order valence-electron chi connectivity index (χ4n) is 3.54. The smallest absolute Gasteiger partial charge is 0.232 e. The third-order valence-corrected chi connectivity index (χ3v) is 5.81. The predicted molar refractivity (Wildman–Crippen MR) is 125 cm³/mol. The number of nitrogens with zero attached hydrogens (tertiary/aromatic N) is 4. The van der Waals surface area contributed by atoms with E-state index < -0.39 is 0 Å². The number of hydrogen-bond acceptors (Lipinski definition) is 3. The van der Waals surface area contributed by atoms with Crippen LogP contribution in [0.4, 0.5) is 5.82 Å². The van der Waals surface area contributed by atoms with Gasteiger partial charge in [0.1, 0.15) is 11.5 Å². The number of anilines is 1. The van der Waals surface area contributed by atoms with Crippen molar-refractivity contribution in [3.8, 4) is 22.4 Å². The second-order valence-corrected chi connectivity index (χ2v) is 7.97. The van der Waals surface area contributed by atoms with Crippen molar-refractivity contribution in [1.29, 1.82) is 0 Å². The Morgan fingerprint density at radius 2 is 1.68 bits per heavy atom. The van der Waals surface area contributed by atoms with Crippen LogP contribution in [0.25, 0.3) is 22.4 Å². The molecule has 2 aromatic carbocycles. The van der Waals surface area contributed by atoms with E-state index in [9.17, 15) is 4.79 Å². The number of amides is 1. The number of pyridine rings is 1. The number of rotatable bonds is 5. The van der Waals surface area contributed by atoms with Gasteiger partial charge in [-0.1, -0.05) is 59.6 Å². The normalized spacial score (nSPS) is 10.8. The highest BCUT2D eigenvalue weighted by Crippen LogP contribution is 2.40. The number of halogens is 2. The molecule has 156 valence electrons. The summed E-state index contributed by atoms with van der Waals surface area (Å²) < 4.78 is 1.72. The molecule has 0 saturated heterocycles. The molecular weight excluding hydrogens is 431 g/mol. The van der Waals surface area contributed by atoms with Crippen LogP contribution >= 0.6 is 23.2 Å². The topological polar surface area (TPSA) is 51.0 Å². The summed E-state index contributed by atoms with van der Waals surface area (Å²) in [6, 6.07) is 18.9.